The fourth-order valence-electron chi connectivity index (χ4n) is 3.64. The van der Waals surface area contributed by atoms with Crippen LogP contribution >= 0.6 is 0 Å². The normalized spacial score (nSPS) is 18.3. The molecule has 0 radical (unpaired) electrons. The molecule has 7 heteroatoms. The number of carbonyl (C=O) groups excluding carboxylic acids is 1. The standard InChI is InChI=1S/C19H22N4O3/c1-13-12-17(21-18(20-13)15-4-2-3-5-16(15)24)22-8-6-14(7-9-22)23-10-11-26-19(23)25/h2-5,12,14,24H,6-11H2,1H3. The van der Waals surface area contributed by atoms with Crippen LogP contribution < -0.4 is 4.90 Å². The molecule has 0 saturated carbocycles. The molecule has 3 heterocycles. The van der Waals surface area contributed by atoms with Crippen molar-refractivity contribution in [3.05, 3.63) is 36.0 Å². The summed E-state index contributed by atoms with van der Waals surface area (Å²) in [6, 6.07) is 9.31. The average Bonchev–Trinajstić information content (AvgIpc) is 3.08. The Labute approximate surface area is 152 Å². The smallest absolute Gasteiger partial charge is 0.410 e. The number of anilines is 1. The maximum absolute atomic E-state index is 11.7. The van der Waals surface area contributed by atoms with Gasteiger partial charge < -0.3 is 19.6 Å². The molecule has 0 bridgehead atoms. The molecule has 2 aliphatic heterocycles. The number of cyclic esters (lactones) is 1. The molecule has 0 unspecified atom stereocenters. The summed E-state index contributed by atoms with van der Waals surface area (Å²) in [7, 11) is 0. The van der Waals surface area contributed by atoms with Gasteiger partial charge in [-0.25, -0.2) is 14.8 Å². The lowest BCUT2D eigenvalue weighted by Gasteiger charge is -2.36. The minimum absolute atomic E-state index is 0.176. The summed E-state index contributed by atoms with van der Waals surface area (Å²) in [6.07, 6.45) is 1.59. The van der Waals surface area contributed by atoms with Crippen molar-refractivity contribution in [2.24, 2.45) is 0 Å². The molecule has 2 fully saturated rings. The Bertz CT molecular complexity index is 818. The first-order chi connectivity index (χ1) is 12.6. The maximum atomic E-state index is 11.7. The lowest BCUT2D eigenvalue weighted by atomic mass is 10.0. The van der Waals surface area contributed by atoms with E-state index in [1.54, 1.807) is 12.1 Å². The Balaban J connectivity index is 1.52. The van der Waals surface area contributed by atoms with Crippen LogP contribution in [0.5, 0.6) is 5.75 Å². The van der Waals surface area contributed by atoms with Crippen molar-refractivity contribution in [3.63, 3.8) is 0 Å². The first-order valence-electron chi connectivity index (χ1n) is 8.94. The van der Waals surface area contributed by atoms with Gasteiger partial charge in [0.05, 0.1) is 12.1 Å². The van der Waals surface area contributed by atoms with Crippen molar-refractivity contribution in [1.82, 2.24) is 14.9 Å². The third-order valence-corrected chi connectivity index (χ3v) is 5.01. The molecule has 0 atom stereocenters. The molecular formula is C19H22N4O3. The highest BCUT2D eigenvalue weighted by Crippen LogP contribution is 2.29. The van der Waals surface area contributed by atoms with Gasteiger partial charge in [0.25, 0.3) is 0 Å². The molecule has 7 nitrogen and oxygen atoms in total. The number of phenolic OH excluding ortho intramolecular Hbond substituents is 1. The molecule has 136 valence electrons. The van der Waals surface area contributed by atoms with Gasteiger partial charge in [-0.1, -0.05) is 12.1 Å². The largest absolute Gasteiger partial charge is 0.507 e. The Kier molecular flexibility index (Phi) is 4.36. The van der Waals surface area contributed by atoms with Crippen LogP contribution in [0, 0.1) is 6.92 Å². The number of phenols is 1. The number of piperidine rings is 1. The molecule has 2 aliphatic rings. The van der Waals surface area contributed by atoms with E-state index in [1.165, 1.54) is 0 Å². The zero-order valence-electron chi connectivity index (χ0n) is 14.8. The van der Waals surface area contributed by atoms with E-state index in [4.69, 9.17) is 4.74 Å². The van der Waals surface area contributed by atoms with E-state index in [-0.39, 0.29) is 17.9 Å². The quantitative estimate of drug-likeness (QED) is 0.913. The lowest BCUT2D eigenvalue weighted by molar-refractivity contribution is 0.142. The number of nitrogens with zero attached hydrogens (tertiary/aromatic N) is 4. The Hall–Kier alpha value is -2.83. The second-order valence-corrected chi connectivity index (χ2v) is 6.73. The number of rotatable bonds is 3. The molecule has 2 saturated heterocycles. The number of para-hydroxylation sites is 1. The first-order valence-corrected chi connectivity index (χ1v) is 8.94. The van der Waals surface area contributed by atoms with Gasteiger partial charge in [0.2, 0.25) is 0 Å². The van der Waals surface area contributed by atoms with Crippen molar-refractivity contribution in [3.8, 4) is 17.1 Å². The number of aromatic hydroxyl groups is 1. The lowest BCUT2D eigenvalue weighted by Crippen LogP contribution is -2.45. The summed E-state index contributed by atoms with van der Waals surface area (Å²) >= 11 is 0. The third-order valence-electron chi connectivity index (χ3n) is 5.01. The molecule has 0 aliphatic carbocycles. The fraction of sp³-hybridized carbons (Fsp3) is 0.421. The van der Waals surface area contributed by atoms with Crippen molar-refractivity contribution < 1.29 is 14.6 Å². The first kappa shape index (κ1) is 16.6. The molecule has 1 N–H and O–H groups in total. The van der Waals surface area contributed by atoms with Crippen LogP contribution in [0.2, 0.25) is 0 Å². The van der Waals surface area contributed by atoms with Crippen molar-refractivity contribution in [2.75, 3.05) is 31.1 Å². The van der Waals surface area contributed by atoms with Crippen LogP contribution in [-0.4, -0.2) is 58.4 Å². The van der Waals surface area contributed by atoms with Gasteiger partial charge in [0.15, 0.2) is 5.82 Å². The molecule has 4 rings (SSSR count). The summed E-state index contributed by atoms with van der Waals surface area (Å²) in [5.74, 6) is 1.57. The average molecular weight is 354 g/mol. The molecule has 2 aromatic rings. The van der Waals surface area contributed by atoms with Gasteiger partial charge in [-0.2, -0.15) is 0 Å². The molecule has 1 amide bonds. The van der Waals surface area contributed by atoms with Crippen LogP contribution in [0.3, 0.4) is 0 Å². The number of amides is 1. The van der Waals surface area contributed by atoms with E-state index in [0.29, 0.717) is 24.5 Å². The van der Waals surface area contributed by atoms with Crippen LogP contribution in [-0.2, 0) is 4.74 Å². The van der Waals surface area contributed by atoms with Gasteiger partial charge >= 0.3 is 6.09 Å². The van der Waals surface area contributed by atoms with Crippen molar-refractivity contribution >= 4 is 11.9 Å². The summed E-state index contributed by atoms with van der Waals surface area (Å²) in [6.45, 7) is 4.76. The number of aromatic nitrogens is 2. The second kappa shape index (κ2) is 6.82. The Morgan fingerprint density at radius 3 is 2.62 bits per heavy atom. The number of hydrogen-bond donors (Lipinski definition) is 1. The topological polar surface area (TPSA) is 78.8 Å². The molecule has 26 heavy (non-hydrogen) atoms. The number of aryl methyl sites for hydroxylation is 1. The number of benzene rings is 1. The molecule has 0 spiro atoms. The minimum atomic E-state index is -0.192. The van der Waals surface area contributed by atoms with Crippen LogP contribution in [0.4, 0.5) is 10.6 Å². The van der Waals surface area contributed by atoms with Gasteiger partial charge in [-0.15, -0.1) is 0 Å². The third kappa shape index (κ3) is 3.16. The van der Waals surface area contributed by atoms with Crippen LogP contribution in [0.1, 0.15) is 18.5 Å². The van der Waals surface area contributed by atoms with Gasteiger partial charge in [-0.3, -0.25) is 0 Å². The number of ether oxygens (including phenoxy) is 1. The van der Waals surface area contributed by atoms with E-state index in [1.807, 2.05) is 30.0 Å². The zero-order chi connectivity index (χ0) is 18.1. The van der Waals surface area contributed by atoms with Crippen LogP contribution in [0.25, 0.3) is 11.4 Å². The monoisotopic (exact) mass is 354 g/mol. The molecular weight excluding hydrogens is 332 g/mol. The fourth-order valence-corrected chi connectivity index (χ4v) is 3.64. The van der Waals surface area contributed by atoms with Gasteiger partial charge in [0.1, 0.15) is 18.2 Å². The summed E-state index contributed by atoms with van der Waals surface area (Å²) < 4.78 is 5.05. The Morgan fingerprint density at radius 1 is 1.15 bits per heavy atom. The van der Waals surface area contributed by atoms with Gasteiger partial charge in [-0.05, 0) is 31.9 Å². The maximum Gasteiger partial charge on any atom is 0.410 e. The number of hydrogen-bond acceptors (Lipinski definition) is 6. The molecule has 1 aromatic carbocycles. The van der Waals surface area contributed by atoms with Crippen LogP contribution in [0.15, 0.2) is 30.3 Å². The highest BCUT2D eigenvalue weighted by molar-refractivity contribution is 5.70. The van der Waals surface area contributed by atoms with Crippen molar-refractivity contribution in [2.45, 2.75) is 25.8 Å². The highest BCUT2D eigenvalue weighted by Gasteiger charge is 2.32. The predicted octanol–water partition coefficient (Wildman–Crippen LogP) is 2.58. The summed E-state index contributed by atoms with van der Waals surface area (Å²) in [5, 5.41) is 10.1. The number of carbonyl (C=O) groups is 1. The van der Waals surface area contributed by atoms with E-state index in [0.717, 1.165) is 37.4 Å². The van der Waals surface area contributed by atoms with Crippen molar-refractivity contribution in [1.29, 1.82) is 0 Å². The van der Waals surface area contributed by atoms with E-state index in [2.05, 4.69) is 14.9 Å². The summed E-state index contributed by atoms with van der Waals surface area (Å²) in [5.41, 5.74) is 1.49. The zero-order valence-corrected chi connectivity index (χ0v) is 14.8. The predicted molar refractivity (Wildman–Crippen MR) is 97.2 cm³/mol. The second-order valence-electron chi connectivity index (χ2n) is 6.73. The minimum Gasteiger partial charge on any atom is -0.507 e. The SMILES string of the molecule is Cc1cc(N2CCC(N3CCOC3=O)CC2)nc(-c2ccccc2O)n1. The summed E-state index contributed by atoms with van der Waals surface area (Å²) in [4.78, 5) is 25.0. The molecule has 1 aromatic heterocycles. The van der Waals surface area contributed by atoms with E-state index in [9.17, 15) is 9.90 Å². The van der Waals surface area contributed by atoms with E-state index < -0.39 is 0 Å². The Morgan fingerprint density at radius 2 is 1.92 bits per heavy atom. The highest BCUT2D eigenvalue weighted by atomic mass is 16.6. The van der Waals surface area contributed by atoms with E-state index >= 15 is 0 Å². The van der Waals surface area contributed by atoms with Gasteiger partial charge in [0, 0.05) is 30.9 Å².